The molecule has 470 valence electrons. The zero-order chi connectivity index (χ0) is 60.6. The second kappa shape index (κ2) is 32.2. The van der Waals surface area contributed by atoms with Crippen LogP contribution in [-0.2, 0) is 42.7 Å². The molecule has 82 heavy (non-hydrogen) atoms. The van der Waals surface area contributed by atoms with Crippen molar-refractivity contribution in [2.75, 3.05) is 74.5 Å². The zero-order valence-electron chi connectivity index (χ0n) is 53.3. The number of aliphatic hydroxyl groups excluding tert-OH is 1. The molecule has 17 heteroatoms. The van der Waals surface area contributed by atoms with Crippen molar-refractivity contribution in [2.24, 2.45) is 23.7 Å². The van der Waals surface area contributed by atoms with Crippen molar-refractivity contribution >= 4 is 29.9 Å². The number of unbranched alkanes of at least 4 members (excludes halogenated alkanes) is 7. The second-order valence-corrected chi connectivity index (χ2v) is 30.4. The molecule has 2 aromatic rings. The average molecular weight is 1170 g/mol. The number of benzene rings is 2. The summed E-state index contributed by atoms with van der Waals surface area (Å²) in [6.07, 6.45) is 4.43. The minimum atomic E-state index is -1.84. The van der Waals surface area contributed by atoms with E-state index in [2.05, 4.69) is 72.6 Å². The minimum absolute atomic E-state index is 0.0457. The van der Waals surface area contributed by atoms with E-state index in [9.17, 15) is 24.9 Å². The monoisotopic (exact) mass is 1170 g/mol. The van der Waals surface area contributed by atoms with Crippen molar-refractivity contribution in [1.82, 2.24) is 15.1 Å². The summed E-state index contributed by atoms with van der Waals surface area (Å²) in [5.41, 5.74) is -4.01. The van der Waals surface area contributed by atoms with Crippen LogP contribution in [0.25, 0.3) is 0 Å². The van der Waals surface area contributed by atoms with E-state index >= 15 is 0 Å². The maximum absolute atomic E-state index is 14.9. The molecule has 3 fully saturated rings. The van der Waals surface area contributed by atoms with E-state index in [0.717, 1.165) is 25.7 Å². The van der Waals surface area contributed by atoms with Gasteiger partial charge in [0.05, 0.1) is 54.7 Å². The number of hydrogen-bond acceptors (Lipinski definition) is 15. The molecule has 3 saturated heterocycles. The Morgan fingerprint density at radius 1 is 0.817 bits per heavy atom. The molecule has 0 radical (unpaired) electrons. The maximum atomic E-state index is 14.9. The molecule has 0 spiro atoms. The largest absolute Gasteiger partial charge is 0.382 e. The maximum Gasteiger partial charge on any atom is 0.137 e. The number of aliphatic hydroxyl groups is 3. The Bertz CT molecular complexity index is 2140. The van der Waals surface area contributed by atoms with Gasteiger partial charge >= 0.3 is 167 Å². The van der Waals surface area contributed by atoms with Gasteiger partial charge in [0.2, 0.25) is 0 Å². The van der Waals surface area contributed by atoms with Gasteiger partial charge in [-0.15, -0.1) is 0 Å². The SMILES string of the molecule is CC[C@H]1OC(=O)[C@H](C)[C@@H](COC[C@H]2C[C@@](C)(OC)[C@@H](OC)[C@H](C)O2)[C@H](C)[C@@H](O[C@@H]2O[C@H](C)C[C@H](N(C)C)[C@H]2O)[C@](C)(O)C[C@@H](C)CN(C)[C@H](C)[C@@H](OC(=O)NCCCCCCCCCC[PH](C)(c2ccccc2)c2ccccc2)[C@]1(C)O. The molecule has 18 atom stereocenters. The molecule has 16 nitrogen and oxygen atoms in total. The number of nitrogens with one attached hydrogen (secondary N) is 1. The average Bonchev–Trinajstić information content (AvgIpc) is 3.43. The molecule has 0 unspecified atom stereocenters. The fourth-order valence-electron chi connectivity index (χ4n) is 14.0. The number of carbonyl (C=O) groups is 2. The van der Waals surface area contributed by atoms with E-state index in [1.54, 1.807) is 35.0 Å². The Morgan fingerprint density at radius 2 is 1.40 bits per heavy atom. The van der Waals surface area contributed by atoms with Crippen LogP contribution in [0.1, 0.15) is 146 Å². The molecule has 0 aliphatic carbocycles. The molecular formula is C65H112N3O13P. The standard InChI is InChI=1S/C65H112N3O13P/c1-17-55-65(10,73)58(81-62(71)66-36-30-22-20-18-19-21-23-31-37-82(16,51-32-26-24-27-33-51)52-34-28-25-29-35-52)48(6)68(13)41-44(2)39-63(8,72)57(80-61-56(69)54(67(11)12)38-45(3)77-61)46(4)53(47(5)60(70)79-55)43-76-42-50-40-64(9,75-15)59(74-14)49(7)78-50/h24-29,32-35,44-50,53-59,61,69,72-73,82H,17-23,30-31,36-43H2,1-16H3,(H,66,71)/t44-,45-,46+,47-,48-,49+,50-,53+,54+,55-,56-,57-,58-,59+,61+,63-,64-,65-/m1/s1. The topological polar surface area (TPSA) is 187 Å². The minimum Gasteiger partial charge on any atom is -0.382 e. The number of hydrogen-bond donors (Lipinski definition) is 4. The van der Waals surface area contributed by atoms with Gasteiger partial charge in [-0.1, -0.05) is 27.7 Å². The second-order valence-electron chi connectivity index (χ2n) is 26.1. The Labute approximate surface area is 495 Å². The summed E-state index contributed by atoms with van der Waals surface area (Å²) in [4.78, 5) is 32.7. The van der Waals surface area contributed by atoms with Crippen molar-refractivity contribution in [3.8, 4) is 0 Å². The number of nitrogens with zero attached hydrogens (tertiary/aromatic N) is 2. The van der Waals surface area contributed by atoms with E-state index in [1.165, 1.54) is 42.5 Å². The van der Waals surface area contributed by atoms with Crippen LogP contribution in [0.4, 0.5) is 4.79 Å². The molecule has 2 aromatic carbocycles. The van der Waals surface area contributed by atoms with Crippen molar-refractivity contribution < 1.29 is 62.8 Å². The van der Waals surface area contributed by atoms with Gasteiger partial charge in [-0.05, 0) is 93.8 Å². The quantitative estimate of drug-likeness (QED) is 0.0444. The summed E-state index contributed by atoms with van der Waals surface area (Å²) in [5, 5.41) is 43.4. The van der Waals surface area contributed by atoms with Gasteiger partial charge in [-0.2, -0.15) is 0 Å². The first kappa shape index (κ1) is 69.9. The van der Waals surface area contributed by atoms with Gasteiger partial charge in [-0.3, -0.25) is 9.69 Å². The summed E-state index contributed by atoms with van der Waals surface area (Å²) in [7, 11) is 7.23. The third kappa shape index (κ3) is 18.6. The Balaban J connectivity index is 1.28. The molecule has 3 aliphatic heterocycles. The first-order valence-electron chi connectivity index (χ1n) is 31.1. The van der Waals surface area contributed by atoms with Gasteiger partial charge in [-0.25, -0.2) is 4.79 Å². The van der Waals surface area contributed by atoms with Crippen LogP contribution in [0, 0.1) is 23.7 Å². The van der Waals surface area contributed by atoms with E-state index in [4.69, 9.17) is 37.9 Å². The number of carbonyl (C=O) groups excluding carboxylic acids is 2. The number of methoxy groups -OCH3 is 2. The van der Waals surface area contributed by atoms with Crippen LogP contribution in [0.5, 0.6) is 0 Å². The van der Waals surface area contributed by atoms with Crippen molar-refractivity contribution in [3.63, 3.8) is 0 Å². The van der Waals surface area contributed by atoms with Gasteiger partial charge in [0, 0.05) is 45.2 Å². The van der Waals surface area contributed by atoms with Crippen LogP contribution in [0.3, 0.4) is 0 Å². The van der Waals surface area contributed by atoms with Crippen LogP contribution in [0.2, 0.25) is 0 Å². The van der Waals surface area contributed by atoms with E-state index in [1.807, 2.05) is 79.4 Å². The summed E-state index contributed by atoms with van der Waals surface area (Å²) >= 11 is 0. The number of esters is 1. The van der Waals surface area contributed by atoms with Crippen LogP contribution >= 0.6 is 7.26 Å². The van der Waals surface area contributed by atoms with E-state index < -0.39 is 90.6 Å². The fraction of sp³-hybridized carbons (Fsp3) is 0.785. The number of ether oxygens (including phenoxy) is 8. The summed E-state index contributed by atoms with van der Waals surface area (Å²) in [6, 6.07) is 21.3. The number of likely N-dealkylation sites (N-methyl/N-ethyl adjacent to an activating group) is 2. The number of alkyl carbamates (subject to hydrolysis) is 1. The van der Waals surface area contributed by atoms with Gasteiger partial charge in [0.25, 0.3) is 0 Å². The molecule has 5 rings (SSSR count). The van der Waals surface area contributed by atoms with Gasteiger partial charge in [0.15, 0.2) is 12.4 Å². The molecule has 3 heterocycles. The predicted molar refractivity (Wildman–Crippen MR) is 329 cm³/mol. The predicted octanol–water partition coefficient (Wildman–Crippen LogP) is 8.73. The van der Waals surface area contributed by atoms with E-state index in [0.29, 0.717) is 25.9 Å². The van der Waals surface area contributed by atoms with Gasteiger partial charge in [0.1, 0.15) is 23.9 Å². The molecular weight excluding hydrogens is 1060 g/mol. The van der Waals surface area contributed by atoms with Gasteiger partial charge < -0.3 is 58.1 Å². The Hall–Kier alpha value is -2.83. The molecule has 4 N–H and O–H groups in total. The van der Waals surface area contributed by atoms with E-state index in [-0.39, 0.29) is 62.4 Å². The molecule has 1 amide bonds. The Morgan fingerprint density at radius 3 is 1.96 bits per heavy atom. The normalized spacial score (nSPS) is 36.0. The molecule has 0 saturated carbocycles. The number of cyclic esters (lactones) is 1. The number of amides is 1. The molecule has 0 aromatic heterocycles. The first-order valence-corrected chi connectivity index (χ1v) is 33.8. The Kier molecular flexibility index (Phi) is 27.5. The summed E-state index contributed by atoms with van der Waals surface area (Å²) in [6.45, 7) is 22.3. The number of rotatable bonds is 24. The summed E-state index contributed by atoms with van der Waals surface area (Å²) < 4.78 is 50.7. The molecule has 0 bridgehead atoms. The smallest absolute Gasteiger partial charge is 0.137 e. The molecule has 3 aliphatic rings. The summed E-state index contributed by atoms with van der Waals surface area (Å²) in [5.74, 6) is -2.86. The van der Waals surface area contributed by atoms with Crippen molar-refractivity contribution in [1.29, 1.82) is 0 Å². The fourth-order valence-corrected chi connectivity index (χ4v) is 17.7. The van der Waals surface area contributed by atoms with Crippen LogP contribution in [-0.4, -0.2) is 196 Å². The third-order valence-corrected chi connectivity index (χ3v) is 23.6. The van der Waals surface area contributed by atoms with Crippen molar-refractivity contribution in [2.45, 2.75) is 230 Å². The van der Waals surface area contributed by atoms with Crippen molar-refractivity contribution in [3.05, 3.63) is 60.7 Å². The van der Waals surface area contributed by atoms with Crippen LogP contribution < -0.4 is 15.9 Å². The third-order valence-electron chi connectivity index (χ3n) is 19.0. The van der Waals surface area contributed by atoms with Crippen LogP contribution in [0.15, 0.2) is 60.7 Å². The zero-order valence-corrected chi connectivity index (χ0v) is 54.3. The first-order chi connectivity index (χ1) is 38.7.